The van der Waals surface area contributed by atoms with Gasteiger partial charge in [-0.3, -0.25) is 9.89 Å². The first-order valence-corrected chi connectivity index (χ1v) is 6.68. The van der Waals surface area contributed by atoms with Gasteiger partial charge in [-0.2, -0.15) is 5.10 Å². The minimum atomic E-state index is -0.122. The number of carbonyl (C=O) groups excluding carboxylic acids is 1. The number of hydrogen-bond donors (Lipinski definition) is 2. The molecule has 1 saturated heterocycles. The van der Waals surface area contributed by atoms with Gasteiger partial charge in [-0.05, 0) is 19.8 Å². The maximum atomic E-state index is 12.5. The Morgan fingerprint density at radius 2 is 2.21 bits per heavy atom. The Bertz CT molecular complexity index is 469. The highest BCUT2D eigenvalue weighted by Crippen LogP contribution is 2.24. The molecule has 1 aliphatic rings. The van der Waals surface area contributed by atoms with E-state index < -0.39 is 0 Å². The highest BCUT2D eigenvalue weighted by atomic mass is 16.5. The molecule has 0 saturated carbocycles. The number of amides is 1. The minimum Gasteiger partial charge on any atom is -0.395 e. The number of nitrogens with two attached hydrogens (primary N) is 1. The fourth-order valence-electron chi connectivity index (χ4n) is 2.29. The van der Waals surface area contributed by atoms with E-state index in [1.54, 1.807) is 4.90 Å². The number of morpholine rings is 1. The van der Waals surface area contributed by atoms with E-state index in [0.717, 1.165) is 5.69 Å². The molecule has 2 atom stereocenters. The van der Waals surface area contributed by atoms with Crippen LogP contribution < -0.4 is 5.73 Å². The molecule has 1 fully saturated rings. The lowest BCUT2D eigenvalue weighted by Gasteiger charge is -2.36. The van der Waals surface area contributed by atoms with E-state index in [4.69, 9.17) is 10.5 Å². The van der Waals surface area contributed by atoms with Gasteiger partial charge in [0.2, 0.25) is 0 Å². The third-order valence-corrected chi connectivity index (χ3v) is 3.48. The number of hydrogen-bond acceptors (Lipinski definition) is 4. The van der Waals surface area contributed by atoms with E-state index in [9.17, 15) is 4.79 Å². The summed E-state index contributed by atoms with van der Waals surface area (Å²) in [4.78, 5) is 14.3. The molecule has 2 heterocycles. The number of ether oxygens (including phenoxy) is 1. The van der Waals surface area contributed by atoms with Crippen molar-refractivity contribution in [2.24, 2.45) is 0 Å². The molecule has 0 bridgehead atoms. The molecule has 0 aromatic carbocycles. The second kappa shape index (κ2) is 5.21. The third kappa shape index (κ3) is 2.58. The number of nitrogens with zero attached hydrogens (tertiary/aromatic N) is 2. The Hall–Kier alpha value is -1.56. The Morgan fingerprint density at radius 3 is 2.79 bits per heavy atom. The van der Waals surface area contributed by atoms with Crippen molar-refractivity contribution in [2.45, 2.75) is 45.8 Å². The van der Waals surface area contributed by atoms with Gasteiger partial charge in [0.25, 0.3) is 5.91 Å². The fraction of sp³-hybridized carbons (Fsp3) is 0.692. The number of carbonyl (C=O) groups is 1. The first-order chi connectivity index (χ1) is 8.91. The summed E-state index contributed by atoms with van der Waals surface area (Å²) in [6.45, 7) is 9.07. The SMILES string of the molecule is CC1CN(C(=O)c2n[nH]c(C(C)C)c2N)C(C)CO1. The van der Waals surface area contributed by atoms with Crippen molar-refractivity contribution in [1.82, 2.24) is 15.1 Å². The molecule has 1 aromatic heterocycles. The molecule has 0 aliphatic carbocycles. The summed E-state index contributed by atoms with van der Waals surface area (Å²) in [6.07, 6.45) is 0.0462. The molecule has 3 N–H and O–H groups in total. The lowest BCUT2D eigenvalue weighted by atomic mass is 10.1. The van der Waals surface area contributed by atoms with Crippen LogP contribution in [-0.2, 0) is 4.74 Å². The van der Waals surface area contributed by atoms with Gasteiger partial charge in [-0.25, -0.2) is 0 Å². The Labute approximate surface area is 113 Å². The van der Waals surface area contributed by atoms with Gasteiger partial charge >= 0.3 is 0 Å². The molecule has 1 aliphatic heterocycles. The standard InChI is InChI=1S/C13H22N4O2/c1-7(2)11-10(14)12(16-15-11)13(18)17-5-9(4)19-6-8(17)3/h7-9H,5-6,14H2,1-4H3,(H,15,16). The van der Waals surface area contributed by atoms with Crippen molar-refractivity contribution >= 4 is 11.6 Å². The summed E-state index contributed by atoms with van der Waals surface area (Å²) < 4.78 is 5.53. The summed E-state index contributed by atoms with van der Waals surface area (Å²) in [5.74, 6) is 0.0957. The van der Waals surface area contributed by atoms with Crippen molar-refractivity contribution in [3.63, 3.8) is 0 Å². The van der Waals surface area contributed by atoms with Crippen LogP contribution in [0.2, 0.25) is 0 Å². The van der Waals surface area contributed by atoms with Crippen LogP contribution >= 0.6 is 0 Å². The number of nitrogen functional groups attached to an aromatic ring is 1. The highest BCUT2D eigenvalue weighted by molar-refractivity contribution is 5.98. The van der Waals surface area contributed by atoms with Crippen LogP contribution in [0.4, 0.5) is 5.69 Å². The van der Waals surface area contributed by atoms with E-state index in [-0.39, 0.29) is 24.0 Å². The molecule has 6 nitrogen and oxygen atoms in total. The van der Waals surface area contributed by atoms with E-state index in [1.165, 1.54) is 0 Å². The van der Waals surface area contributed by atoms with Crippen molar-refractivity contribution in [1.29, 1.82) is 0 Å². The second-order valence-electron chi connectivity index (χ2n) is 5.50. The lowest BCUT2D eigenvalue weighted by Crippen LogP contribution is -2.50. The van der Waals surface area contributed by atoms with Gasteiger partial charge in [0.15, 0.2) is 5.69 Å². The zero-order chi connectivity index (χ0) is 14.2. The Kier molecular flexibility index (Phi) is 3.80. The first kappa shape index (κ1) is 13.9. The Balaban J connectivity index is 2.24. The van der Waals surface area contributed by atoms with E-state index in [0.29, 0.717) is 24.5 Å². The molecule has 1 amide bonds. The van der Waals surface area contributed by atoms with E-state index >= 15 is 0 Å². The van der Waals surface area contributed by atoms with E-state index in [2.05, 4.69) is 10.2 Å². The average Bonchev–Trinajstić information content (AvgIpc) is 2.73. The molecule has 2 rings (SSSR count). The maximum Gasteiger partial charge on any atom is 0.276 e. The summed E-state index contributed by atoms with van der Waals surface area (Å²) in [5, 5.41) is 6.96. The van der Waals surface area contributed by atoms with Gasteiger partial charge in [0.1, 0.15) is 0 Å². The van der Waals surface area contributed by atoms with Gasteiger partial charge < -0.3 is 15.4 Å². The van der Waals surface area contributed by atoms with Gasteiger partial charge in [-0.1, -0.05) is 13.8 Å². The average molecular weight is 266 g/mol. The van der Waals surface area contributed by atoms with Crippen molar-refractivity contribution < 1.29 is 9.53 Å². The van der Waals surface area contributed by atoms with Gasteiger partial charge in [0.05, 0.1) is 30.1 Å². The van der Waals surface area contributed by atoms with Crippen LogP contribution in [0.5, 0.6) is 0 Å². The van der Waals surface area contributed by atoms with Crippen LogP contribution in [-0.4, -0.2) is 46.3 Å². The quantitative estimate of drug-likeness (QED) is 0.846. The summed E-state index contributed by atoms with van der Waals surface area (Å²) in [7, 11) is 0. The van der Waals surface area contributed by atoms with Crippen LogP contribution in [0.3, 0.4) is 0 Å². The fourth-order valence-corrected chi connectivity index (χ4v) is 2.29. The van der Waals surface area contributed by atoms with Crippen LogP contribution in [0.25, 0.3) is 0 Å². The summed E-state index contributed by atoms with van der Waals surface area (Å²) in [6, 6.07) is 0.0438. The maximum absolute atomic E-state index is 12.5. The molecule has 0 spiro atoms. The van der Waals surface area contributed by atoms with Crippen molar-refractivity contribution in [3.05, 3.63) is 11.4 Å². The number of nitrogens with one attached hydrogen (secondary N) is 1. The zero-order valence-corrected chi connectivity index (χ0v) is 11.9. The third-order valence-electron chi connectivity index (χ3n) is 3.48. The smallest absolute Gasteiger partial charge is 0.276 e. The molecule has 1 aromatic rings. The zero-order valence-electron chi connectivity index (χ0n) is 11.9. The second-order valence-corrected chi connectivity index (χ2v) is 5.50. The van der Waals surface area contributed by atoms with Gasteiger partial charge in [0, 0.05) is 6.54 Å². The molecular weight excluding hydrogens is 244 g/mol. The number of H-pyrrole nitrogens is 1. The van der Waals surface area contributed by atoms with Gasteiger partial charge in [-0.15, -0.1) is 0 Å². The lowest BCUT2D eigenvalue weighted by molar-refractivity contribution is -0.0388. The van der Waals surface area contributed by atoms with E-state index in [1.807, 2.05) is 27.7 Å². The predicted molar refractivity (Wildman–Crippen MR) is 73.0 cm³/mol. The molecule has 2 unspecified atom stereocenters. The van der Waals surface area contributed by atoms with Crippen LogP contribution in [0.15, 0.2) is 0 Å². The number of anilines is 1. The largest absolute Gasteiger partial charge is 0.395 e. The summed E-state index contributed by atoms with van der Waals surface area (Å²) in [5.41, 5.74) is 7.62. The monoisotopic (exact) mass is 266 g/mol. The minimum absolute atomic E-state index is 0.0438. The number of aromatic amines is 1. The predicted octanol–water partition coefficient (Wildman–Crippen LogP) is 1.36. The van der Waals surface area contributed by atoms with Crippen LogP contribution in [0, 0.1) is 0 Å². The molecule has 6 heteroatoms. The summed E-state index contributed by atoms with van der Waals surface area (Å²) >= 11 is 0. The Morgan fingerprint density at radius 1 is 1.53 bits per heavy atom. The molecule has 106 valence electrons. The topological polar surface area (TPSA) is 84.2 Å². The molecule has 19 heavy (non-hydrogen) atoms. The first-order valence-electron chi connectivity index (χ1n) is 6.68. The number of aromatic nitrogens is 2. The number of rotatable bonds is 2. The van der Waals surface area contributed by atoms with Crippen molar-refractivity contribution in [2.75, 3.05) is 18.9 Å². The highest BCUT2D eigenvalue weighted by Gasteiger charge is 2.31. The van der Waals surface area contributed by atoms with Crippen LogP contribution in [0.1, 0.15) is 49.8 Å². The molecule has 0 radical (unpaired) electrons. The molecular formula is C13H22N4O2. The normalized spacial score (nSPS) is 23.9. The van der Waals surface area contributed by atoms with Crippen molar-refractivity contribution in [3.8, 4) is 0 Å².